The Morgan fingerprint density at radius 2 is 1.55 bits per heavy atom. The fourth-order valence-electron chi connectivity index (χ4n) is 3.64. The van der Waals surface area contributed by atoms with Gasteiger partial charge in [-0.25, -0.2) is 4.98 Å². The zero-order chi connectivity index (χ0) is 22.6. The Morgan fingerprint density at radius 1 is 0.848 bits per heavy atom. The van der Waals surface area contributed by atoms with Gasteiger partial charge in [0.1, 0.15) is 11.3 Å². The number of aromatic nitrogens is 1. The summed E-state index contributed by atoms with van der Waals surface area (Å²) in [7, 11) is 0. The van der Waals surface area contributed by atoms with Crippen molar-refractivity contribution in [1.29, 1.82) is 0 Å². The van der Waals surface area contributed by atoms with Crippen LogP contribution in [0.15, 0.2) is 101 Å². The molecular weight excluding hydrogens is 412 g/mol. The number of hydrogen-bond donors (Lipinski definition) is 1. The van der Waals surface area contributed by atoms with E-state index >= 15 is 0 Å². The summed E-state index contributed by atoms with van der Waals surface area (Å²) in [4.78, 5) is 17.3. The zero-order valence-electron chi connectivity index (χ0n) is 18.1. The van der Waals surface area contributed by atoms with Crippen LogP contribution >= 0.6 is 0 Å². The number of nitrogens with zero attached hydrogens (tertiary/aromatic N) is 1. The lowest BCUT2D eigenvalue weighted by Gasteiger charge is -2.06. The molecule has 5 nitrogen and oxygen atoms in total. The molecule has 0 bridgehead atoms. The number of benzene rings is 4. The number of ether oxygens (including phenoxy) is 1. The lowest BCUT2D eigenvalue weighted by atomic mass is 10.0. The highest BCUT2D eigenvalue weighted by Crippen LogP contribution is 2.28. The highest BCUT2D eigenvalue weighted by Gasteiger charge is 2.11. The average molecular weight is 434 g/mol. The van der Waals surface area contributed by atoms with Gasteiger partial charge in [0.05, 0.1) is 6.61 Å². The van der Waals surface area contributed by atoms with Crippen LogP contribution in [0.5, 0.6) is 5.75 Å². The number of fused-ring (bicyclic) bond motifs is 1. The predicted octanol–water partition coefficient (Wildman–Crippen LogP) is 6.81. The van der Waals surface area contributed by atoms with Crippen molar-refractivity contribution < 1.29 is 13.9 Å². The third-order valence-electron chi connectivity index (χ3n) is 5.31. The third-order valence-corrected chi connectivity index (χ3v) is 5.31. The number of anilines is 1. The third kappa shape index (κ3) is 4.48. The van der Waals surface area contributed by atoms with Crippen LogP contribution in [-0.2, 0) is 0 Å². The number of rotatable bonds is 6. The molecule has 1 heterocycles. The van der Waals surface area contributed by atoms with E-state index in [-0.39, 0.29) is 5.91 Å². The minimum absolute atomic E-state index is 0.177. The summed E-state index contributed by atoms with van der Waals surface area (Å²) in [5.41, 5.74) is 5.62. The van der Waals surface area contributed by atoms with Crippen molar-refractivity contribution in [3.8, 4) is 28.3 Å². The standard InChI is InChI=1S/C28H22N2O3/c1-2-32-24-15-12-22(13-16-24)28-30-25-18-23(14-17-26(25)33-28)29-27(31)21-10-8-20(9-11-21)19-6-4-3-5-7-19/h3-18H,2H2,1H3,(H,29,31). The van der Waals surface area contributed by atoms with Crippen LogP contribution in [-0.4, -0.2) is 17.5 Å². The number of carbonyl (C=O) groups is 1. The van der Waals surface area contributed by atoms with Gasteiger partial charge < -0.3 is 14.5 Å². The molecule has 0 radical (unpaired) electrons. The quantitative estimate of drug-likeness (QED) is 0.319. The Labute approximate surface area is 191 Å². The van der Waals surface area contributed by atoms with E-state index in [4.69, 9.17) is 9.15 Å². The second-order valence-electron chi connectivity index (χ2n) is 7.56. The molecule has 5 rings (SSSR count). The van der Waals surface area contributed by atoms with Gasteiger partial charge in [-0.3, -0.25) is 4.79 Å². The van der Waals surface area contributed by atoms with Crippen molar-refractivity contribution in [3.05, 3.63) is 103 Å². The number of nitrogens with one attached hydrogen (secondary N) is 1. The molecule has 0 unspecified atom stereocenters. The van der Waals surface area contributed by atoms with Crippen LogP contribution in [0.3, 0.4) is 0 Å². The molecule has 0 aliphatic rings. The van der Waals surface area contributed by atoms with E-state index in [2.05, 4.69) is 10.3 Å². The van der Waals surface area contributed by atoms with Gasteiger partial charge in [-0.05, 0) is 72.6 Å². The van der Waals surface area contributed by atoms with Gasteiger partial charge >= 0.3 is 0 Å². The monoisotopic (exact) mass is 434 g/mol. The van der Waals surface area contributed by atoms with Gasteiger partial charge in [0.25, 0.3) is 5.91 Å². The van der Waals surface area contributed by atoms with Crippen LogP contribution < -0.4 is 10.1 Å². The van der Waals surface area contributed by atoms with Crippen molar-refractivity contribution in [1.82, 2.24) is 4.98 Å². The van der Waals surface area contributed by atoms with E-state index in [0.29, 0.717) is 34.8 Å². The van der Waals surface area contributed by atoms with Gasteiger partial charge in [0, 0.05) is 16.8 Å². The van der Waals surface area contributed by atoms with Gasteiger partial charge in [-0.1, -0.05) is 42.5 Å². The maximum absolute atomic E-state index is 12.7. The second kappa shape index (κ2) is 9.01. The molecule has 0 atom stereocenters. The highest BCUT2D eigenvalue weighted by atomic mass is 16.5. The van der Waals surface area contributed by atoms with Crippen molar-refractivity contribution >= 4 is 22.7 Å². The van der Waals surface area contributed by atoms with E-state index in [9.17, 15) is 4.79 Å². The van der Waals surface area contributed by atoms with Gasteiger partial charge in [-0.15, -0.1) is 0 Å². The maximum atomic E-state index is 12.7. The number of hydrogen-bond acceptors (Lipinski definition) is 4. The molecule has 162 valence electrons. The Hall–Kier alpha value is -4.38. The summed E-state index contributed by atoms with van der Waals surface area (Å²) < 4.78 is 11.4. The molecular formula is C28H22N2O3. The lowest BCUT2D eigenvalue weighted by molar-refractivity contribution is 0.102. The predicted molar refractivity (Wildman–Crippen MR) is 130 cm³/mol. The normalized spacial score (nSPS) is 10.8. The first kappa shape index (κ1) is 20.5. The van der Waals surface area contributed by atoms with Gasteiger partial charge in [-0.2, -0.15) is 0 Å². The Balaban J connectivity index is 1.32. The lowest BCUT2D eigenvalue weighted by Crippen LogP contribution is -2.11. The van der Waals surface area contributed by atoms with Gasteiger partial charge in [0.15, 0.2) is 5.58 Å². The first-order chi connectivity index (χ1) is 16.2. The molecule has 1 amide bonds. The van der Waals surface area contributed by atoms with Gasteiger partial charge in [0.2, 0.25) is 5.89 Å². The number of amides is 1. The molecule has 5 aromatic rings. The molecule has 33 heavy (non-hydrogen) atoms. The maximum Gasteiger partial charge on any atom is 0.255 e. The minimum atomic E-state index is -0.177. The molecule has 5 heteroatoms. The Morgan fingerprint density at radius 3 is 2.27 bits per heavy atom. The summed E-state index contributed by atoms with van der Waals surface area (Å²) in [5, 5.41) is 2.94. The van der Waals surface area contributed by atoms with Crippen LogP contribution in [0.1, 0.15) is 17.3 Å². The zero-order valence-corrected chi connectivity index (χ0v) is 18.1. The van der Waals surface area contributed by atoms with E-state index in [0.717, 1.165) is 22.4 Å². The summed E-state index contributed by atoms with van der Waals surface area (Å²) in [6, 6.07) is 30.7. The van der Waals surface area contributed by atoms with Crippen LogP contribution in [0.4, 0.5) is 5.69 Å². The van der Waals surface area contributed by atoms with E-state index in [1.54, 1.807) is 0 Å². The molecule has 0 saturated heterocycles. The van der Waals surface area contributed by atoms with Crippen LogP contribution in [0.2, 0.25) is 0 Å². The smallest absolute Gasteiger partial charge is 0.255 e. The van der Waals surface area contributed by atoms with E-state index in [1.807, 2.05) is 104 Å². The molecule has 1 aromatic heterocycles. The summed E-state index contributed by atoms with van der Waals surface area (Å²) >= 11 is 0. The second-order valence-corrected chi connectivity index (χ2v) is 7.56. The summed E-state index contributed by atoms with van der Waals surface area (Å²) in [6.07, 6.45) is 0. The van der Waals surface area contributed by atoms with E-state index in [1.165, 1.54) is 0 Å². The molecule has 0 aliphatic carbocycles. The number of oxazole rings is 1. The average Bonchev–Trinajstić information content (AvgIpc) is 3.29. The summed E-state index contributed by atoms with van der Waals surface area (Å²) in [5.74, 6) is 1.15. The van der Waals surface area contributed by atoms with Crippen molar-refractivity contribution in [2.24, 2.45) is 0 Å². The van der Waals surface area contributed by atoms with Crippen LogP contribution in [0, 0.1) is 0 Å². The molecule has 0 saturated carbocycles. The SMILES string of the molecule is CCOc1ccc(-c2nc3cc(NC(=O)c4ccc(-c5ccccc5)cc4)ccc3o2)cc1. The van der Waals surface area contributed by atoms with E-state index < -0.39 is 0 Å². The molecule has 0 fully saturated rings. The molecule has 0 aliphatic heterocycles. The fourth-order valence-corrected chi connectivity index (χ4v) is 3.64. The van der Waals surface area contributed by atoms with Crippen LogP contribution in [0.25, 0.3) is 33.7 Å². The minimum Gasteiger partial charge on any atom is -0.494 e. The van der Waals surface area contributed by atoms with Crippen molar-refractivity contribution in [3.63, 3.8) is 0 Å². The topological polar surface area (TPSA) is 64.4 Å². The highest BCUT2D eigenvalue weighted by molar-refractivity contribution is 6.05. The Kier molecular flexibility index (Phi) is 5.60. The largest absolute Gasteiger partial charge is 0.494 e. The molecule has 0 spiro atoms. The fraction of sp³-hybridized carbons (Fsp3) is 0.0714. The molecule has 1 N–H and O–H groups in total. The van der Waals surface area contributed by atoms with Crippen molar-refractivity contribution in [2.45, 2.75) is 6.92 Å². The van der Waals surface area contributed by atoms with Crippen molar-refractivity contribution in [2.75, 3.05) is 11.9 Å². The number of carbonyl (C=O) groups excluding carboxylic acids is 1. The first-order valence-corrected chi connectivity index (χ1v) is 10.8. The molecule has 4 aromatic carbocycles. The Bertz CT molecular complexity index is 1390. The summed E-state index contributed by atoms with van der Waals surface area (Å²) in [6.45, 7) is 2.57. The first-order valence-electron chi connectivity index (χ1n) is 10.8.